The molecule has 0 bridgehead atoms. The lowest BCUT2D eigenvalue weighted by Gasteiger charge is -2.32. The van der Waals surface area contributed by atoms with Crippen molar-refractivity contribution in [3.63, 3.8) is 0 Å². The zero-order valence-corrected chi connectivity index (χ0v) is 12.3. The zero-order valence-electron chi connectivity index (χ0n) is 12.3. The fourth-order valence-electron chi connectivity index (χ4n) is 3.61. The summed E-state index contributed by atoms with van der Waals surface area (Å²) in [6.07, 6.45) is 1.84. The average molecular weight is 292 g/mol. The number of fused-ring (bicyclic) bond motifs is 4. The summed E-state index contributed by atoms with van der Waals surface area (Å²) in [7, 11) is 0. The maximum absolute atomic E-state index is 12.9. The van der Waals surface area contributed by atoms with Crippen LogP contribution in [0.3, 0.4) is 0 Å². The lowest BCUT2D eigenvalue weighted by atomic mass is 9.74. The molecule has 0 aliphatic heterocycles. The van der Waals surface area contributed by atoms with Gasteiger partial charge in [0, 0.05) is 28.7 Å². The quantitative estimate of drug-likeness (QED) is 0.693. The van der Waals surface area contributed by atoms with E-state index >= 15 is 0 Å². The van der Waals surface area contributed by atoms with E-state index in [2.05, 4.69) is 0 Å². The molecular weight excluding hydrogens is 276 g/mol. The summed E-state index contributed by atoms with van der Waals surface area (Å²) < 4.78 is 0. The van der Waals surface area contributed by atoms with Gasteiger partial charge in [-0.25, -0.2) is 0 Å². The predicted octanol–water partition coefficient (Wildman–Crippen LogP) is 2.70. The van der Waals surface area contributed by atoms with Gasteiger partial charge in [0.2, 0.25) is 0 Å². The molecule has 0 spiro atoms. The number of benzene rings is 2. The zero-order chi connectivity index (χ0) is 15.5. The van der Waals surface area contributed by atoms with Crippen molar-refractivity contribution in [3.8, 4) is 0 Å². The van der Waals surface area contributed by atoms with Crippen LogP contribution in [-0.2, 0) is 12.8 Å². The normalized spacial score (nSPS) is 22.8. The molecule has 0 radical (unpaired) electrons. The van der Waals surface area contributed by atoms with Crippen LogP contribution in [0.25, 0.3) is 0 Å². The third-order valence-electron chi connectivity index (χ3n) is 4.79. The van der Waals surface area contributed by atoms with Crippen LogP contribution in [0.2, 0.25) is 0 Å². The topological polar surface area (TPSA) is 54.4 Å². The Morgan fingerprint density at radius 2 is 1.64 bits per heavy atom. The number of ketones is 2. The molecule has 0 amide bonds. The molecule has 1 N–H and O–H groups in total. The second-order valence-corrected chi connectivity index (χ2v) is 6.50. The summed E-state index contributed by atoms with van der Waals surface area (Å²) >= 11 is 0. The monoisotopic (exact) mass is 292 g/mol. The van der Waals surface area contributed by atoms with Crippen molar-refractivity contribution in [2.24, 2.45) is 0 Å². The third-order valence-corrected chi connectivity index (χ3v) is 4.79. The number of carbonyl (C=O) groups excluding carboxylic acids is 2. The lowest BCUT2D eigenvalue weighted by molar-refractivity contribution is 0.0455. The Morgan fingerprint density at radius 1 is 0.955 bits per heavy atom. The fourth-order valence-corrected chi connectivity index (χ4v) is 3.61. The highest BCUT2D eigenvalue weighted by Gasteiger charge is 2.36. The molecule has 2 aliphatic rings. The first-order valence-corrected chi connectivity index (χ1v) is 7.53. The maximum Gasteiger partial charge on any atom is 0.194 e. The number of aliphatic hydroxyl groups is 1. The molecule has 0 saturated carbocycles. The highest BCUT2D eigenvalue weighted by molar-refractivity contribution is 6.29. The molecule has 0 unspecified atom stereocenters. The Balaban J connectivity index is 1.98. The summed E-state index contributed by atoms with van der Waals surface area (Å²) in [5.41, 5.74) is 3.03. The molecule has 0 fully saturated rings. The standard InChI is InChI=1S/C19H16O3/c1-19(22)9-8-11-6-7-14-16(15(11)10-19)18(21)13-5-3-2-4-12(13)17(14)20/h2-7,22H,8-10H2,1H3/t19-/m1/s1. The second kappa shape index (κ2) is 4.37. The van der Waals surface area contributed by atoms with Crippen LogP contribution in [0, 0.1) is 0 Å². The molecular formula is C19H16O3. The number of hydrogen-bond acceptors (Lipinski definition) is 3. The van der Waals surface area contributed by atoms with E-state index in [0.717, 1.165) is 17.5 Å². The first kappa shape index (κ1) is 13.4. The molecule has 0 saturated heterocycles. The molecule has 0 aromatic heterocycles. The molecule has 0 heterocycles. The van der Waals surface area contributed by atoms with Crippen molar-refractivity contribution < 1.29 is 14.7 Å². The summed E-state index contributed by atoms with van der Waals surface area (Å²) in [6, 6.07) is 10.7. The third kappa shape index (κ3) is 1.79. The van der Waals surface area contributed by atoms with Gasteiger partial charge in [-0.15, -0.1) is 0 Å². The van der Waals surface area contributed by atoms with Crippen LogP contribution >= 0.6 is 0 Å². The van der Waals surface area contributed by atoms with Crippen LogP contribution < -0.4 is 0 Å². The average Bonchev–Trinajstić information content (AvgIpc) is 2.51. The number of aryl methyl sites for hydroxylation is 1. The Kier molecular flexibility index (Phi) is 2.66. The number of carbonyl (C=O) groups is 2. The van der Waals surface area contributed by atoms with Gasteiger partial charge in [-0.2, -0.15) is 0 Å². The summed E-state index contributed by atoms with van der Waals surface area (Å²) in [5.74, 6) is -0.196. The summed E-state index contributed by atoms with van der Waals surface area (Å²) in [4.78, 5) is 25.6. The van der Waals surface area contributed by atoms with Gasteiger partial charge in [0.25, 0.3) is 0 Å². The highest BCUT2D eigenvalue weighted by Crippen LogP contribution is 2.36. The van der Waals surface area contributed by atoms with Crippen molar-refractivity contribution in [1.82, 2.24) is 0 Å². The molecule has 2 aliphatic carbocycles. The van der Waals surface area contributed by atoms with E-state index in [-0.39, 0.29) is 11.6 Å². The highest BCUT2D eigenvalue weighted by atomic mass is 16.3. The van der Waals surface area contributed by atoms with Crippen LogP contribution in [0.1, 0.15) is 56.3 Å². The second-order valence-electron chi connectivity index (χ2n) is 6.50. The molecule has 2 aromatic rings. The van der Waals surface area contributed by atoms with Crippen molar-refractivity contribution in [2.45, 2.75) is 31.8 Å². The van der Waals surface area contributed by atoms with E-state index in [4.69, 9.17) is 0 Å². The number of hydrogen-bond donors (Lipinski definition) is 1. The van der Waals surface area contributed by atoms with Crippen LogP contribution in [0.5, 0.6) is 0 Å². The minimum Gasteiger partial charge on any atom is -0.390 e. The molecule has 3 nitrogen and oxygen atoms in total. The van der Waals surface area contributed by atoms with Gasteiger partial charge in [0.1, 0.15) is 0 Å². The SMILES string of the molecule is C[C@@]1(O)CCc2ccc3c(c2C1)C(=O)c1ccccc1C3=O. The van der Waals surface area contributed by atoms with E-state index < -0.39 is 5.60 Å². The van der Waals surface area contributed by atoms with Crippen LogP contribution in [0.15, 0.2) is 36.4 Å². The molecule has 1 atom stereocenters. The Morgan fingerprint density at radius 3 is 2.36 bits per heavy atom. The summed E-state index contributed by atoms with van der Waals surface area (Å²) in [5, 5.41) is 10.4. The van der Waals surface area contributed by atoms with Crippen molar-refractivity contribution >= 4 is 11.6 Å². The molecule has 3 heteroatoms. The van der Waals surface area contributed by atoms with E-state index in [1.165, 1.54) is 0 Å². The van der Waals surface area contributed by atoms with Crippen molar-refractivity contribution in [3.05, 3.63) is 69.8 Å². The summed E-state index contributed by atoms with van der Waals surface area (Å²) in [6.45, 7) is 1.79. The minimum absolute atomic E-state index is 0.0975. The smallest absolute Gasteiger partial charge is 0.194 e. The maximum atomic E-state index is 12.9. The largest absolute Gasteiger partial charge is 0.390 e. The first-order valence-electron chi connectivity index (χ1n) is 7.53. The Labute approximate surface area is 128 Å². The van der Waals surface area contributed by atoms with Gasteiger partial charge in [0.05, 0.1) is 5.60 Å². The van der Waals surface area contributed by atoms with Gasteiger partial charge in [0.15, 0.2) is 11.6 Å². The molecule has 4 rings (SSSR count). The fraction of sp³-hybridized carbons (Fsp3) is 0.263. The van der Waals surface area contributed by atoms with Gasteiger partial charge in [-0.3, -0.25) is 9.59 Å². The van der Waals surface area contributed by atoms with Gasteiger partial charge >= 0.3 is 0 Å². The van der Waals surface area contributed by atoms with Gasteiger partial charge in [-0.1, -0.05) is 30.3 Å². The molecule has 2 aromatic carbocycles. The lowest BCUT2D eigenvalue weighted by Crippen LogP contribution is -2.35. The molecule has 22 heavy (non-hydrogen) atoms. The van der Waals surface area contributed by atoms with Crippen molar-refractivity contribution in [2.75, 3.05) is 0 Å². The predicted molar refractivity (Wildman–Crippen MR) is 82.4 cm³/mol. The van der Waals surface area contributed by atoms with Gasteiger partial charge in [-0.05, 0) is 37.0 Å². The van der Waals surface area contributed by atoms with E-state index in [0.29, 0.717) is 35.1 Å². The van der Waals surface area contributed by atoms with Crippen LogP contribution in [0.4, 0.5) is 0 Å². The van der Waals surface area contributed by atoms with Gasteiger partial charge < -0.3 is 5.11 Å². The van der Waals surface area contributed by atoms with Crippen molar-refractivity contribution in [1.29, 1.82) is 0 Å². The Bertz CT molecular complexity index is 831. The first-order chi connectivity index (χ1) is 10.5. The Hall–Kier alpha value is -2.26. The van der Waals surface area contributed by atoms with E-state index in [1.54, 1.807) is 37.3 Å². The van der Waals surface area contributed by atoms with Crippen LogP contribution in [-0.4, -0.2) is 22.3 Å². The van der Waals surface area contributed by atoms with E-state index in [1.807, 2.05) is 6.07 Å². The minimum atomic E-state index is -0.817. The number of rotatable bonds is 0. The molecule has 110 valence electrons. The van der Waals surface area contributed by atoms with E-state index in [9.17, 15) is 14.7 Å².